The van der Waals surface area contributed by atoms with Crippen molar-refractivity contribution in [2.75, 3.05) is 0 Å². The first-order valence-corrected chi connectivity index (χ1v) is 3.96. The first-order chi connectivity index (χ1) is 4.88. The first-order valence-electron chi connectivity index (χ1n) is 3.96. The van der Waals surface area contributed by atoms with Gasteiger partial charge in [-0.2, -0.15) is 0 Å². The van der Waals surface area contributed by atoms with Gasteiger partial charge in [0.15, 0.2) is 0 Å². The molecule has 0 radical (unpaired) electrons. The lowest BCUT2D eigenvalue weighted by Gasteiger charge is -2.01. The maximum absolute atomic E-state index is 2.31. The van der Waals surface area contributed by atoms with Gasteiger partial charge in [0, 0.05) is 0 Å². The fourth-order valence-corrected chi connectivity index (χ4v) is 1.77. The summed E-state index contributed by atoms with van der Waals surface area (Å²) in [7, 11) is 0. The molecule has 0 aliphatic heterocycles. The molecule has 1 aromatic rings. The van der Waals surface area contributed by atoms with Crippen LogP contribution in [0.25, 0.3) is 0 Å². The van der Waals surface area contributed by atoms with Crippen molar-refractivity contribution in [2.45, 2.75) is 25.7 Å². The molecule has 0 aromatic heterocycles. The minimum Gasteiger partial charge on any atom is -0.0620 e. The van der Waals surface area contributed by atoms with Crippen LogP contribution in [-0.2, 0) is 6.42 Å². The van der Waals surface area contributed by atoms with Gasteiger partial charge < -0.3 is 0 Å². The number of rotatable bonds is 0. The van der Waals surface area contributed by atoms with E-state index in [9.17, 15) is 0 Å². The van der Waals surface area contributed by atoms with Crippen molar-refractivity contribution in [1.29, 1.82) is 0 Å². The van der Waals surface area contributed by atoms with Crippen LogP contribution in [0.1, 0.15) is 30.4 Å². The van der Waals surface area contributed by atoms with E-state index in [0.29, 0.717) is 0 Å². The van der Waals surface area contributed by atoms with Crippen LogP contribution in [0, 0.1) is 0 Å². The molecular formula is C10H12. The second kappa shape index (κ2) is 2.12. The Morgan fingerprint density at radius 2 is 2.10 bits per heavy atom. The van der Waals surface area contributed by atoms with Crippen molar-refractivity contribution in [3.63, 3.8) is 0 Å². The Kier molecular flexibility index (Phi) is 1.26. The standard InChI is InChI=1S/C10H12/c1-8-6-7-9-4-2-3-5-10(8)9/h2-5,8H,6-7H2,1H3. The second-order valence-corrected chi connectivity index (χ2v) is 3.14. The zero-order chi connectivity index (χ0) is 6.97. The summed E-state index contributed by atoms with van der Waals surface area (Å²) in [6, 6.07) is 8.78. The van der Waals surface area contributed by atoms with Crippen molar-refractivity contribution < 1.29 is 0 Å². The third-order valence-corrected chi connectivity index (χ3v) is 2.43. The minimum absolute atomic E-state index is 0.802. The van der Waals surface area contributed by atoms with Gasteiger partial charge in [-0.05, 0) is 29.9 Å². The lowest BCUT2D eigenvalue weighted by molar-refractivity contribution is 0.747. The summed E-state index contributed by atoms with van der Waals surface area (Å²) < 4.78 is 0. The van der Waals surface area contributed by atoms with E-state index < -0.39 is 0 Å². The number of aryl methyl sites for hydroxylation is 1. The van der Waals surface area contributed by atoms with Crippen molar-refractivity contribution >= 4 is 0 Å². The zero-order valence-electron chi connectivity index (χ0n) is 6.30. The maximum atomic E-state index is 2.31. The molecule has 0 bridgehead atoms. The van der Waals surface area contributed by atoms with Gasteiger partial charge in [-0.3, -0.25) is 0 Å². The Balaban J connectivity index is 2.51. The Morgan fingerprint density at radius 1 is 1.30 bits per heavy atom. The lowest BCUT2D eigenvalue weighted by atomic mass is 10.0. The highest BCUT2D eigenvalue weighted by Crippen LogP contribution is 2.31. The molecule has 0 nitrogen and oxygen atoms in total. The summed E-state index contributed by atoms with van der Waals surface area (Å²) in [6.45, 7) is 2.31. The largest absolute Gasteiger partial charge is 0.0620 e. The molecule has 52 valence electrons. The quantitative estimate of drug-likeness (QED) is 0.509. The molecular weight excluding hydrogens is 120 g/mol. The third-order valence-electron chi connectivity index (χ3n) is 2.43. The molecule has 10 heavy (non-hydrogen) atoms. The number of fused-ring (bicyclic) bond motifs is 1. The summed E-state index contributed by atoms with van der Waals surface area (Å²) in [6.07, 6.45) is 2.64. The van der Waals surface area contributed by atoms with Crippen LogP contribution < -0.4 is 0 Å². The minimum atomic E-state index is 0.802. The summed E-state index contributed by atoms with van der Waals surface area (Å²) >= 11 is 0. The topological polar surface area (TPSA) is 0 Å². The predicted octanol–water partition coefficient (Wildman–Crippen LogP) is 2.74. The molecule has 0 saturated heterocycles. The fraction of sp³-hybridized carbons (Fsp3) is 0.400. The maximum Gasteiger partial charge on any atom is -0.0184 e. The zero-order valence-corrected chi connectivity index (χ0v) is 6.30. The van der Waals surface area contributed by atoms with Gasteiger partial charge in [-0.1, -0.05) is 31.2 Å². The van der Waals surface area contributed by atoms with Gasteiger partial charge in [0.05, 0.1) is 0 Å². The van der Waals surface area contributed by atoms with Gasteiger partial charge in [-0.25, -0.2) is 0 Å². The van der Waals surface area contributed by atoms with Crippen LogP contribution in [0.3, 0.4) is 0 Å². The van der Waals surface area contributed by atoms with Crippen molar-refractivity contribution in [3.8, 4) is 0 Å². The van der Waals surface area contributed by atoms with Gasteiger partial charge in [0.2, 0.25) is 0 Å². The summed E-state index contributed by atoms with van der Waals surface area (Å²) in [5, 5.41) is 0. The van der Waals surface area contributed by atoms with Crippen LogP contribution in [0.5, 0.6) is 0 Å². The molecule has 1 unspecified atom stereocenters. The predicted molar refractivity (Wildman–Crippen MR) is 43.2 cm³/mol. The summed E-state index contributed by atoms with van der Waals surface area (Å²) in [5.74, 6) is 0.802. The molecule has 2 rings (SSSR count). The molecule has 0 heteroatoms. The van der Waals surface area contributed by atoms with E-state index in [2.05, 4.69) is 31.2 Å². The van der Waals surface area contributed by atoms with E-state index in [1.165, 1.54) is 12.8 Å². The van der Waals surface area contributed by atoms with Crippen LogP contribution in [-0.4, -0.2) is 0 Å². The monoisotopic (exact) mass is 132 g/mol. The first kappa shape index (κ1) is 5.96. The molecule has 1 aliphatic rings. The van der Waals surface area contributed by atoms with Gasteiger partial charge in [0.25, 0.3) is 0 Å². The summed E-state index contributed by atoms with van der Waals surface area (Å²) in [5.41, 5.74) is 3.14. The molecule has 0 spiro atoms. The van der Waals surface area contributed by atoms with E-state index in [4.69, 9.17) is 0 Å². The van der Waals surface area contributed by atoms with Crippen LogP contribution in [0.4, 0.5) is 0 Å². The van der Waals surface area contributed by atoms with E-state index >= 15 is 0 Å². The normalized spacial score (nSPS) is 22.7. The van der Waals surface area contributed by atoms with E-state index in [-0.39, 0.29) is 0 Å². The van der Waals surface area contributed by atoms with Gasteiger partial charge >= 0.3 is 0 Å². The Bertz CT molecular complexity index is 238. The Morgan fingerprint density at radius 3 is 2.90 bits per heavy atom. The van der Waals surface area contributed by atoms with Crippen molar-refractivity contribution in [2.24, 2.45) is 0 Å². The van der Waals surface area contributed by atoms with Gasteiger partial charge in [0.1, 0.15) is 0 Å². The van der Waals surface area contributed by atoms with Crippen LogP contribution in [0.2, 0.25) is 0 Å². The molecule has 0 fully saturated rings. The van der Waals surface area contributed by atoms with Crippen LogP contribution >= 0.6 is 0 Å². The third kappa shape index (κ3) is 0.756. The second-order valence-electron chi connectivity index (χ2n) is 3.14. The highest BCUT2D eigenvalue weighted by Gasteiger charge is 2.16. The average molecular weight is 132 g/mol. The molecule has 0 N–H and O–H groups in total. The number of hydrogen-bond acceptors (Lipinski definition) is 0. The number of hydrogen-bond donors (Lipinski definition) is 0. The smallest absolute Gasteiger partial charge is 0.0184 e. The van der Waals surface area contributed by atoms with Gasteiger partial charge in [-0.15, -0.1) is 0 Å². The van der Waals surface area contributed by atoms with E-state index in [0.717, 1.165) is 5.92 Å². The highest BCUT2D eigenvalue weighted by atomic mass is 14.2. The Hall–Kier alpha value is -0.780. The highest BCUT2D eigenvalue weighted by molar-refractivity contribution is 5.33. The molecule has 0 heterocycles. The lowest BCUT2D eigenvalue weighted by Crippen LogP contribution is -1.83. The van der Waals surface area contributed by atoms with E-state index in [1.807, 2.05) is 0 Å². The van der Waals surface area contributed by atoms with Crippen molar-refractivity contribution in [3.05, 3.63) is 35.4 Å². The van der Waals surface area contributed by atoms with Crippen LogP contribution in [0.15, 0.2) is 24.3 Å². The number of benzene rings is 1. The molecule has 0 saturated carbocycles. The van der Waals surface area contributed by atoms with E-state index in [1.54, 1.807) is 11.1 Å². The SMILES string of the molecule is CC1CCc2ccccc21. The molecule has 1 aromatic carbocycles. The molecule has 1 aliphatic carbocycles. The van der Waals surface area contributed by atoms with Crippen molar-refractivity contribution in [1.82, 2.24) is 0 Å². The summed E-state index contributed by atoms with van der Waals surface area (Å²) in [4.78, 5) is 0. The average Bonchev–Trinajstić information content (AvgIpc) is 2.34. The Labute approximate surface area is 61.9 Å². The fourth-order valence-electron chi connectivity index (χ4n) is 1.77. The molecule has 1 atom stereocenters. The molecule has 0 amide bonds.